The van der Waals surface area contributed by atoms with E-state index in [0.717, 1.165) is 38.0 Å². The quantitative estimate of drug-likeness (QED) is 0.790. The monoisotopic (exact) mass is 322 g/mol. The van der Waals surface area contributed by atoms with Crippen LogP contribution >= 0.6 is 0 Å². The molecule has 1 aromatic rings. The number of imidazole rings is 1. The lowest BCUT2D eigenvalue weighted by molar-refractivity contribution is -0.135. The van der Waals surface area contributed by atoms with Gasteiger partial charge in [-0.2, -0.15) is 0 Å². The molecule has 0 radical (unpaired) electrons. The lowest BCUT2D eigenvalue weighted by Crippen LogP contribution is -2.49. The zero-order valence-electron chi connectivity index (χ0n) is 14.5. The van der Waals surface area contributed by atoms with Gasteiger partial charge < -0.3 is 19.9 Å². The summed E-state index contributed by atoms with van der Waals surface area (Å²) in [7, 11) is 1.96. The Labute approximate surface area is 138 Å². The summed E-state index contributed by atoms with van der Waals surface area (Å²) in [5.74, 6) is 1.00. The first-order valence-corrected chi connectivity index (χ1v) is 8.59. The van der Waals surface area contributed by atoms with E-state index in [0.29, 0.717) is 18.4 Å². The molecule has 2 heterocycles. The molecular formula is C17H30N4O2. The van der Waals surface area contributed by atoms with Crippen molar-refractivity contribution in [3.8, 4) is 0 Å². The number of carbonyl (C=O) groups excluding carboxylic acids is 1. The zero-order valence-corrected chi connectivity index (χ0v) is 14.5. The van der Waals surface area contributed by atoms with Gasteiger partial charge in [0.05, 0.1) is 18.1 Å². The van der Waals surface area contributed by atoms with Crippen LogP contribution in [0.2, 0.25) is 0 Å². The first-order chi connectivity index (χ1) is 11.0. The lowest BCUT2D eigenvalue weighted by atomic mass is 9.96. The molecule has 2 N–H and O–H groups in total. The van der Waals surface area contributed by atoms with Crippen LogP contribution in [-0.2, 0) is 18.4 Å². The summed E-state index contributed by atoms with van der Waals surface area (Å²) in [6.07, 6.45) is 6.24. The Morgan fingerprint density at radius 2 is 2.13 bits per heavy atom. The fourth-order valence-corrected chi connectivity index (χ4v) is 3.08. The van der Waals surface area contributed by atoms with E-state index in [1.807, 2.05) is 22.7 Å². The molecule has 1 aromatic heterocycles. The first-order valence-electron chi connectivity index (χ1n) is 8.59. The van der Waals surface area contributed by atoms with Crippen molar-refractivity contribution in [3.63, 3.8) is 0 Å². The van der Waals surface area contributed by atoms with E-state index in [1.165, 1.54) is 0 Å². The molecule has 23 heavy (non-hydrogen) atoms. The Hall–Kier alpha value is -1.40. The van der Waals surface area contributed by atoms with Gasteiger partial charge in [0, 0.05) is 39.5 Å². The van der Waals surface area contributed by atoms with E-state index in [2.05, 4.69) is 24.1 Å². The van der Waals surface area contributed by atoms with Crippen LogP contribution in [0.15, 0.2) is 12.5 Å². The molecule has 0 bridgehead atoms. The zero-order chi connectivity index (χ0) is 16.8. The van der Waals surface area contributed by atoms with Crippen LogP contribution in [0.5, 0.6) is 0 Å². The van der Waals surface area contributed by atoms with Crippen LogP contribution in [0.1, 0.15) is 38.8 Å². The summed E-state index contributed by atoms with van der Waals surface area (Å²) in [6.45, 7) is 6.68. The molecule has 0 aromatic carbocycles. The van der Waals surface area contributed by atoms with Crippen molar-refractivity contribution in [2.75, 3.05) is 19.7 Å². The van der Waals surface area contributed by atoms with Crippen LogP contribution < -0.4 is 5.32 Å². The van der Waals surface area contributed by atoms with Crippen molar-refractivity contribution in [1.82, 2.24) is 19.8 Å². The minimum absolute atomic E-state index is 0.157. The van der Waals surface area contributed by atoms with Crippen molar-refractivity contribution in [1.29, 1.82) is 0 Å². The maximum atomic E-state index is 12.9. The predicted molar refractivity (Wildman–Crippen MR) is 89.7 cm³/mol. The predicted octanol–water partition coefficient (Wildman–Crippen LogP) is 1.16. The number of nitrogens with one attached hydrogen (secondary N) is 1. The van der Waals surface area contributed by atoms with E-state index in [4.69, 9.17) is 0 Å². The summed E-state index contributed by atoms with van der Waals surface area (Å²) < 4.78 is 1.97. The van der Waals surface area contributed by atoms with Crippen LogP contribution in [0, 0.1) is 11.8 Å². The van der Waals surface area contributed by atoms with Gasteiger partial charge in [0.15, 0.2) is 0 Å². The van der Waals surface area contributed by atoms with Gasteiger partial charge in [-0.1, -0.05) is 13.8 Å². The van der Waals surface area contributed by atoms with Crippen molar-refractivity contribution in [2.24, 2.45) is 18.9 Å². The van der Waals surface area contributed by atoms with Gasteiger partial charge in [0.2, 0.25) is 5.91 Å². The van der Waals surface area contributed by atoms with E-state index in [-0.39, 0.29) is 18.6 Å². The van der Waals surface area contributed by atoms with Crippen molar-refractivity contribution in [3.05, 3.63) is 18.2 Å². The number of aliphatic hydroxyl groups excluding tert-OH is 1. The van der Waals surface area contributed by atoms with Crippen molar-refractivity contribution < 1.29 is 9.90 Å². The molecule has 0 spiro atoms. The number of hydrogen-bond acceptors (Lipinski definition) is 4. The number of piperidine rings is 1. The van der Waals surface area contributed by atoms with Crippen molar-refractivity contribution in [2.45, 2.75) is 45.7 Å². The minimum atomic E-state index is -0.157. The molecule has 1 fully saturated rings. The highest BCUT2D eigenvalue weighted by atomic mass is 16.3. The van der Waals surface area contributed by atoms with Crippen LogP contribution in [0.25, 0.3) is 0 Å². The molecule has 1 aliphatic heterocycles. The summed E-state index contributed by atoms with van der Waals surface area (Å²) in [5, 5.41) is 12.7. The highest BCUT2D eigenvalue weighted by Crippen LogP contribution is 2.18. The number of rotatable bonds is 7. The Morgan fingerprint density at radius 1 is 1.43 bits per heavy atom. The molecule has 0 saturated carbocycles. The van der Waals surface area contributed by atoms with Gasteiger partial charge >= 0.3 is 0 Å². The van der Waals surface area contributed by atoms with E-state index in [1.54, 1.807) is 6.33 Å². The molecule has 1 atom stereocenters. The molecule has 2 rings (SSSR count). The maximum absolute atomic E-state index is 12.9. The van der Waals surface area contributed by atoms with E-state index < -0.39 is 0 Å². The smallest absolute Gasteiger partial charge is 0.239 e. The second-order valence-electron chi connectivity index (χ2n) is 7.01. The topological polar surface area (TPSA) is 70.4 Å². The number of hydrogen-bond donors (Lipinski definition) is 2. The highest BCUT2D eigenvalue weighted by Gasteiger charge is 2.28. The number of likely N-dealkylation sites (tertiary alicyclic amines) is 1. The van der Waals surface area contributed by atoms with Crippen molar-refractivity contribution >= 4 is 5.91 Å². The fourth-order valence-electron chi connectivity index (χ4n) is 3.08. The normalized spacial score (nSPS) is 17.7. The molecule has 6 nitrogen and oxygen atoms in total. The second-order valence-corrected chi connectivity index (χ2v) is 7.01. The van der Waals surface area contributed by atoms with Gasteiger partial charge in [-0.15, -0.1) is 0 Å². The summed E-state index contributed by atoms with van der Waals surface area (Å²) in [5.41, 5.74) is 1.07. The largest absolute Gasteiger partial charge is 0.396 e. The maximum Gasteiger partial charge on any atom is 0.239 e. The molecular weight excluding hydrogens is 292 g/mol. The standard InChI is InChI=1S/C17H30N4O2/c1-13(2)8-16(19-10-15-9-18-12-20(15)3)17(23)21-6-4-14(11-22)5-7-21/h9,12-14,16,19,22H,4-8,10-11H2,1-3H3/t16-/m0/s1. The van der Waals surface area contributed by atoms with Gasteiger partial charge in [-0.05, 0) is 31.1 Å². The lowest BCUT2D eigenvalue weighted by Gasteiger charge is -2.34. The molecule has 130 valence electrons. The number of aryl methyl sites for hydroxylation is 1. The molecule has 0 unspecified atom stereocenters. The molecule has 6 heteroatoms. The average molecular weight is 322 g/mol. The Kier molecular flexibility index (Phi) is 6.59. The Bertz CT molecular complexity index is 493. The van der Waals surface area contributed by atoms with Gasteiger partial charge in [-0.25, -0.2) is 4.98 Å². The Balaban J connectivity index is 1.94. The van der Waals surface area contributed by atoms with Crippen LogP contribution in [0.3, 0.4) is 0 Å². The molecule has 0 aliphatic carbocycles. The number of amides is 1. The third-order valence-electron chi connectivity index (χ3n) is 4.64. The summed E-state index contributed by atoms with van der Waals surface area (Å²) in [4.78, 5) is 18.9. The van der Waals surface area contributed by atoms with Gasteiger partial charge in [0.1, 0.15) is 0 Å². The number of aromatic nitrogens is 2. The number of aliphatic hydroxyl groups is 1. The highest BCUT2D eigenvalue weighted by molar-refractivity contribution is 5.82. The Morgan fingerprint density at radius 3 is 2.65 bits per heavy atom. The van der Waals surface area contributed by atoms with E-state index >= 15 is 0 Å². The first kappa shape index (κ1) is 17.9. The average Bonchev–Trinajstić information content (AvgIpc) is 2.95. The van der Waals surface area contributed by atoms with Crippen LogP contribution in [0.4, 0.5) is 0 Å². The second kappa shape index (κ2) is 8.45. The number of carbonyl (C=O) groups is 1. The molecule has 1 amide bonds. The fraction of sp³-hybridized carbons (Fsp3) is 0.765. The third kappa shape index (κ3) is 5.04. The SMILES string of the molecule is CC(C)C[C@H](NCc1cncn1C)C(=O)N1CCC(CO)CC1. The number of nitrogens with zero attached hydrogens (tertiary/aromatic N) is 3. The van der Waals surface area contributed by atoms with E-state index in [9.17, 15) is 9.90 Å². The van der Waals surface area contributed by atoms with Crippen LogP contribution in [-0.4, -0.2) is 51.2 Å². The molecule has 1 aliphatic rings. The summed E-state index contributed by atoms with van der Waals surface area (Å²) in [6, 6.07) is -0.157. The van der Waals surface area contributed by atoms with Gasteiger partial charge in [-0.3, -0.25) is 4.79 Å². The summed E-state index contributed by atoms with van der Waals surface area (Å²) >= 11 is 0. The third-order valence-corrected chi connectivity index (χ3v) is 4.64. The van der Waals surface area contributed by atoms with Gasteiger partial charge in [0.25, 0.3) is 0 Å². The minimum Gasteiger partial charge on any atom is -0.396 e. The molecule has 1 saturated heterocycles.